The van der Waals surface area contributed by atoms with Crippen LogP contribution in [0, 0.1) is 23.7 Å². The van der Waals surface area contributed by atoms with Gasteiger partial charge in [0, 0.05) is 25.7 Å². The van der Waals surface area contributed by atoms with Gasteiger partial charge < -0.3 is 33.8 Å². The van der Waals surface area contributed by atoms with Gasteiger partial charge in [-0.25, -0.2) is 9.13 Å². The summed E-state index contributed by atoms with van der Waals surface area (Å²) in [6.45, 7) is 14.1. The van der Waals surface area contributed by atoms with Crippen molar-refractivity contribution in [2.75, 3.05) is 39.6 Å². The van der Waals surface area contributed by atoms with E-state index in [1.165, 1.54) is 173 Å². The Kier molecular flexibility index (Phi) is 63.1. The lowest BCUT2D eigenvalue weighted by molar-refractivity contribution is -0.161. The molecule has 0 aromatic heterocycles. The average molecular weight is 1380 g/mol. The number of phosphoric ester groups is 2. The van der Waals surface area contributed by atoms with E-state index in [9.17, 15) is 43.2 Å². The number of unbranched alkanes of at least 4 members (excludes halogenated alkanes) is 38. The predicted octanol–water partition coefficient (Wildman–Crippen LogP) is 21.7. The highest BCUT2D eigenvalue weighted by Gasteiger charge is 2.30. The van der Waals surface area contributed by atoms with Gasteiger partial charge in [0.1, 0.15) is 19.3 Å². The summed E-state index contributed by atoms with van der Waals surface area (Å²) in [5, 5.41) is 10.6. The van der Waals surface area contributed by atoms with Crippen molar-refractivity contribution in [1.82, 2.24) is 0 Å². The Bertz CT molecular complexity index is 1850. The van der Waals surface area contributed by atoms with E-state index in [0.29, 0.717) is 31.6 Å². The molecule has 17 nitrogen and oxygen atoms in total. The second kappa shape index (κ2) is 64.4. The molecule has 0 radical (unpaired) electrons. The van der Waals surface area contributed by atoms with E-state index in [-0.39, 0.29) is 25.7 Å². The molecule has 0 aliphatic heterocycles. The van der Waals surface area contributed by atoms with E-state index in [4.69, 9.17) is 37.0 Å². The second-order valence-corrected chi connectivity index (χ2v) is 31.9. The number of rotatable bonds is 72. The first kappa shape index (κ1) is 92.1. The van der Waals surface area contributed by atoms with E-state index in [1.807, 2.05) is 0 Å². The summed E-state index contributed by atoms with van der Waals surface area (Å²) in [5.74, 6) is 0.891. The Labute approximate surface area is 575 Å². The van der Waals surface area contributed by atoms with Crippen LogP contribution in [-0.4, -0.2) is 96.7 Å². The fourth-order valence-electron chi connectivity index (χ4n) is 11.4. The molecule has 5 atom stereocenters. The molecule has 94 heavy (non-hydrogen) atoms. The van der Waals surface area contributed by atoms with Crippen molar-refractivity contribution in [2.45, 2.75) is 395 Å². The largest absolute Gasteiger partial charge is 0.472 e. The normalized spacial score (nSPS) is 14.2. The van der Waals surface area contributed by atoms with E-state index < -0.39 is 97.5 Å². The first-order valence-corrected chi connectivity index (χ1v) is 41.7. The summed E-state index contributed by atoms with van der Waals surface area (Å²) in [6, 6.07) is 0. The average Bonchev–Trinajstić information content (AvgIpc) is 1.62. The molecule has 19 heteroatoms. The highest BCUT2D eigenvalue weighted by atomic mass is 31.2. The van der Waals surface area contributed by atoms with Crippen LogP contribution >= 0.6 is 15.6 Å². The minimum Gasteiger partial charge on any atom is -0.462 e. The molecule has 0 spiro atoms. The van der Waals surface area contributed by atoms with Crippen LogP contribution in [0.1, 0.15) is 376 Å². The fourth-order valence-corrected chi connectivity index (χ4v) is 13.0. The van der Waals surface area contributed by atoms with E-state index in [2.05, 4.69) is 55.4 Å². The first-order valence-electron chi connectivity index (χ1n) is 38.7. The second-order valence-electron chi connectivity index (χ2n) is 28.9. The van der Waals surface area contributed by atoms with Gasteiger partial charge in [-0.05, 0) is 49.4 Å². The minimum atomic E-state index is -4.96. The van der Waals surface area contributed by atoms with Gasteiger partial charge in [-0.1, -0.05) is 325 Å². The van der Waals surface area contributed by atoms with E-state index >= 15 is 0 Å². The lowest BCUT2D eigenvalue weighted by Gasteiger charge is -2.21. The quantitative estimate of drug-likeness (QED) is 0.0222. The maximum absolute atomic E-state index is 13.1. The lowest BCUT2D eigenvalue weighted by Crippen LogP contribution is -2.30. The third-order valence-electron chi connectivity index (χ3n) is 17.3. The van der Waals surface area contributed by atoms with Crippen LogP contribution in [-0.2, 0) is 65.4 Å². The van der Waals surface area contributed by atoms with Crippen LogP contribution in [0.2, 0.25) is 0 Å². The number of carbonyl (C=O) groups is 4. The van der Waals surface area contributed by atoms with Gasteiger partial charge in [-0.3, -0.25) is 37.3 Å². The Balaban J connectivity index is 5.24. The zero-order valence-electron chi connectivity index (χ0n) is 61.6. The van der Waals surface area contributed by atoms with Crippen LogP contribution < -0.4 is 0 Å². The molecular weight excluding hydrogens is 1230 g/mol. The van der Waals surface area contributed by atoms with Crippen LogP contribution in [0.3, 0.4) is 0 Å². The SMILES string of the molecule is CC(C)CCCCCCCCCCCCCCCC(=O)O[C@H](COC(=O)CCCCCCCCC(C)C)COP(=O)(O)OC[C@H](O)COP(=O)(O)OC[C@@H](COC(=O)CCCCCCCCCCCCCC(C)C)OC(=O)CCCCCCCCCCCCCCC(C)C. The summed E-state index contributed by atoms with van der Waals surface area (Å²) < 4.78 is 68.5. The summed E-state index contributed by atoms with van der Waals surface area (Å²) in [6.07, 6.45) is 48.7. The van der Waals surface area contributed by atoms with Gasteiger partial charge in [0.05, 0.1) is 26.4 Å². The van der Waals surface area contributed by atoms with Crippen molar-refractivity contribution >= 4 is 39.5 Å². The molecule has 2 unspecified atom stereocenters. The Morgan fingerprint density at radius 1 is 0.266 bits per heavy atom. The number of carbonyl (C=O) groups excluding carboxylic acids is 4. The lowest BCUT2D eigenvalue weighted by atomic mass is 10.0. The molecular formula is C75H146O17P2. The molecule has 0 aromatic rings. The number of phosphoric acid groups is 2. The molecule has 0 aliphatic carbocycles. The fraction of sp³-hybridized carbons (Fsp3) is 0.947. The van der Waals surface area contributed by atoms with Crippen LogP contribution in [0.5, 0.6) is 0 Å². The molecule has 558 valence electrons. The number of aliphatic hydroxyl groups is 1. The standard InChI is InChI=1S/C75H146O17P2/c1-65(2)51-43-35-27-21-15-10-9-11-18-25-31-41-49-57-75(80)92-71(62-86-73(78)56-48-40-34-33-38-46-54-68(7)8)64-90-94(83,84)88-60-69(76)59-87-93(81,82)89-63-70(61-85-72(77)55-47-39-30-24-20-14-17-23-29-37-45-53-67(5)6)91-74(79)58-50-42-32-26-19-13-12-16-22-28-36-44-52-66(3)4/h65-71,76H,9-64H2,1-8H3,(H,81,82)(H,83,84)/t69-,70-,71-/m1/s1. The maximum atomic E-state index is 13.1. The summed E-state index contributed by atoms with van der Waals surface area (Å²) >= 11 is 0. The van der Waals surface area contributed by atoms with Crippen molar-refractivity contribution in [3.63, 3.8) is 0 Å². The molecule has 0 aromatic carbocycles. The minimum absolute atomic E-state index is 0.106. The predicted molar refractivity (Wildman–Crippen MR) is 381 cm³/mol. The molecule has 0 bridgehead atoms. The maximum Gasteiger partial charge on any atom is 0.472 e. The van der Waals surface area contributed by atoms with Gasteiger partial charge in [-0.15, -0.1) is 0 Å². The number of hydrogen-bond acceptors (Lipinski definition) is 15. The van der Waals surface area contributed by atoms with Crippen LogP contribution in [0.4, 0.5) is 0 Å². The third kappa shape index (κ3) is 68.6. The van der Waals surface area contributed by atoms with Gasteiger partial charge in [0.2, 0.25) is 0 Å². The van der Waals surface area contributed by atoms with Gasteiger partial charge >= 0.3 is 39.5 Å². The topological polar surface area (TPSA) is 237 Å². The Morgan fingerprint density at radius 3 is 0.660 bits per heavy atom. The number of ether oxygens (including phenoxy) is 4. The van der Waals surface area contributed by atoms with Crippen LogP contribution in [0.25, 0.3) is 0 Å². The number of hydrogen-bond donors (Lipinski definition) is 3. The molecule has 3 N–H and O–H groups in total. The van der Waals surface area contributed by atoms with E-state index in [1.54, 1.807) is 0 Å². The first-order chi connectivity index (χ1) is 45.1. The molecule has 0 fully saturated rings. The third-order valence-corrected chi connectivity index (χ3v) is 19.2. The molecule has 0 aliphatic rings. The summed E-state index contributed by atoms with van der Waals surface area (Å²) in [5.41, 5.74) is 0. The van der Waals surface area contributed by atoms with Crippen LogP contribution in [0.15, 0.2) is 0 Å². The molecule has 0 saturated carbocycles. The number of aliphatic hydroxyl groups excluding tert-OH is 1. The summed E-state index contributed by atoms with van der Waals surface area (Å²) in [4.78, 5) is 72.8. The number of esters is 4. The van der Waals surface area contributed by atoms with Crippen molar-refractivity contribution in [2.24, 2.45) is 23.7 Å². The molecule has 0 rings (SSSR count). The Hall–Kier alpha value is -1.94. The van der Waals surface area contributed by atoms with Crippen molar-refractivity contribution < 1.29 is 80.2 Å². The monoisotopic (exact) mass is 1380 g/mol. The molecule has 0 saturated heterocycles. The van der Waals surface area contributed by atoms with E-state index in [0.717, 1.165) is 114 Å². The smallest absolute Gasteiger partial charge is 0.462 e. The summed E-state index contributed by atoms with van der Waals surface area (Å²) in [7, 11) is -9.91. The Morgan fingerprint density at radius 2 is 0.447 bits per heavy atom. The van der Waals surface area contributed by atoms with Crippen molar-refractivity contribution in [3.05, 3.63) is 0 Å². The van der Waals surface area contributed by atoms with Crippen molar-refractivity contribution in [3.8, 4) is 0 Å². The zero-order chi connectivity index (χ0) is 69.6. The van der Waals surface area contributed by atoms with Gasteiger partial charge in [0.25, 0.3) is 0 Å². The zero-order valence-corrected chi connectivity index (χ0v) is 63.4. The van der Waals surface area contributed by atoms with Crippen molar-refractivity contribution in [1.29, 1.82) is 0 Å². The highest BCUT2D eigenvalue weighted by Crippen LogP contribution is 2.45. The van der Waals surface area contributed by atoms with Gasteiger partial charge in [0.15, 0.2) is 12.2 Å². The molecule has 0 amide bonds. The highest BCUT2D eigenvalue weighted by molar-refractivity contribution is 7.47. The molecule has 0 heterocycles. The van der Waals surface area contributed by atoms with Gasteiger partial charge in [-0.2, -0.15) is 0 Å².